The van der Waals surface area contributed by atoms with E-state index in [2.05, 4.69) is 15.9 Å². The molecule has 0 radical (unpaired) electrons. The highest BCUT2D eigenvalue weighted by Gasteiger charge is 2.11. The zero-order valence-electron chi connectivity index (χ0n) is 6.65. The van der Waals surface area contributed by atoms with Gasteiger partial charge in [0, 0.05) is 5.92 Å². The quantitative estimate of drug-likeness (QED) is 0.733. The Bertz CT molecular complexity index is 273. The largest absolute Gasteiger partial charge is 0.250 e. The van der Waals surface area contributed by atoms with E-state index < -0.39 is 6.67 Å². The zero-order chi connectivity index (χ0) is 9.14. The highest BCUT2D eigenvalue weighted by Crippen LogP contribution is 2.27. The van der Waals surface area contributed by atoms with Crippen molar-refractivity contribution in [3.05, 3.63) is 34.1 Å². The average Bonchev–Trinajstić information content (AvgIpc) is 2.08. The SMILES string of the molecule is CC(CF)c1cccc(F)c1Br. The van der Waals surface area contributed by atoms with E-state index in [1.807, 2.05) is 0 Å². The Hall–Kier alpha value is -0.440. The summed E-state index contributed by atoms with van der Waals surface area (Å²) in [6, 6.07) is 4.65. The van der Waals surface area contributed by atoms with Crippen LogP contribution < -0.4 is 0 Å². The fraction of sp³-hybridized carbons (Fsp3) is 0.333. The molecule has 0 fully saturated rings. The lowest BCUT2D eigenvalue weighted by atomic mass is 10.0. The van der Waals surface area contributed by atoms with Crippen molar-refractivity contribution in [1.29, 1.82) is 0 Å². The van der Waals surface area contributed by atoms with Gasteiger partial charge < -0.3 is 0 Å². The molecule has 12 heavy (non-hydrogen) atoms. The van der Waals surface area contributed by atoms with Gasteiger partial charge in [0.15, 0.2) is 0 Å². The summed E-state index contributed by atoms with van der Waals surface area (Å²) in [4.78, 5) is 0. The number of hydrogen-bond donors (Lipinski definition) is 0. The molecule has 0 nitrogen and oxygen atoms in total. The van der Waals surface area contributed by atoms with Gasteiger partial charge in [0.05, 0.1) is 11.1 Å². The summed E-state index contributed by atoms with van der Waals surface area (Å²) in [5.74, 6) is -0.595. The number of rotatable bonds is 2. The smallest absolute Gasteiger partial charge is 0.137 e. The van der Waals surface area contributed by atoms with Crippen LogP contribution in [0.1, 0.15) is 18.4 Å². The third-order valence-electron chi connectivity index (χ3n) is 1.74. The Kier molecular flexibility index (Phi) is 3.20. The maximum absolute atomic E-state index is 12.9. The third-order valence-corrected chi connectivity index (χ3v) is 2.58. The van der Waals surface area contributed by atoms with Crippen molar-refractivity contribution >= 4 is 15.9 Å². The molecule has 3 heteroatoms. The van der Waals surface area contributed by atoms with Crippen LogP contribution in [0.15, 0.2) is 22.7 Å². The van der Waals surface area contributed by atoms with E-state index in [9.17, 15) is 8.78 Å². The normalized spacial score (nSPS) is 13.0. The lowest BCUT2D eigenvalue weighted by Gasteiger charge is -2.09. The van der Waals surface area contributed by atoms with Crippen LogP contribution in [0.4, 0.5) is 8.78 Å². The summed E-state index contributed by atoms with van der Waals surface area (Å²) in [6.45, 7) is 1.25. The summed E-state index contributed by atoms with van der Waals surface area (Å²) in [6.07, 6.45) is 0. The maximum Gasteiger partial charge on any atom is 0.137 e. The second-order valence-corrected chi connectivity index (χ2v) is 3.49. The van der Waals surface area contributed by atoms with Gasteiger partial charge >= 0.3 is 0 Å². The Morgan fingerprint density at radius 1 is 1.50 bits per heavy atom. The highest BCUT2D eigenvalue weighted by molar-refractivity contribution is 9.10. The second-order valence-electron chi connectivity index (χ2n) is 2.70. The van der Waals surface area contributed by atoms with Crippen LogP contribution in [0.5, 0.6) is 0 Å². The van der Waals surface area contributed by atoms with Crippen LogP contribution in [-0.4, -0.2) is 6.67 Å². The molecule has 0 aliphatic carbocycles. The molecule has 0 aliphatic rings. The zero-order valence-corrected chi connectivity index (χ0v) is 8.24. The Labute approximate surface area is 78.7 Å². The standard InChI is InChI=1S/C9H9BrF2/c1-6(5-11)7-3-2-4-8(12)9(7)10/h2-4,6H,5H2,1H3. The van der Waals surface area contributed by atoms with Crippen molar-refractivity contribution in [2.75, 3.05) is 6.67 Å². The van der Waals surface area contributed by atoms with Gasteiger partial charge in [-0.05, 0) is 27.6 Å². The first-order valence-electron chi connectivity index (χ1n) is 3.66. The summed E-state index contributed by atoms with van der Waals surface area (Å²) >= 11 is 3.08. The van der Waals surface area contributed by atoms with Crippen LogP contribution in [-0.2, 0) is 0 Å². The molecule has 0 spiro atoms. The van der Waals surface area contributed by atoms with Gasteiger partial charge in [0.2, 0.25) is 0 Å². The molecule has 0 amide bonds. The lowest BCUT2D eigenvalue weighted by Crippen LogP contribution is -1.97. The van der Waals surface area contributed by atoms with E-state index in [1.54, 1.807) is 19.1 Å². The molecule has 66 valence electrons. The maximum atomic E-state index is 12.9. The molecule has 1 unspecified atom stereocenters. The predicted octanol–water partition coefficient (Wildman–Crippen LogP) is 3.66. The van der Waals surface area contributed by atoms with Gasteiger partial charge in [-0.1, -0.05) is 19.1 Å². The van der Waals surface area contributed by atoms with Gasteiger partial charge in [0.25, 0.3) is 0 Å². The molecule has 0 aliphatic heterocycles. The number of alkyl halides is 1. The minimum Gasteiger partial charge on any atom is -0.250 e. The Balaban J connectivity index is 3.07. The first kappa shape index (κ1) is 9.65. The predicted molar refractivity (Wildman–Crippen MR) is 48.5 cm³/mol. The van der Waals surface area contributed by atoms with Gasteiger partial charge in [0.1, 0.15) is 5.82 Å². The van der Waals surface area contributed by atoms with Crippen molar-refractivity contribution in [2.24, 2.45) is 0 Å². The van der Waals surface area contributed by atoms with E-state index in [4.69, 9.17) is 0 Å². The van der Waals surface area contributed by atoms with Crippen molar-refractivity contribution in [3.63, 3.8) is 0 Å². The molecule has 0 bridgehead atoms. The second kappa shape index (κ2) is 3.99. The molecule has 1 aromatic rings. The Morgan fingerprint density at radius 3 is 2.75 bits per heavy atom. The first-order chi connectivity index (χ1) is 5.66. The van der Waals surface area contributed by atoms with E-state index in [0.29, 0.717) is 10.0 Å². The van der Waals surface area contributed by atoms with Crippen molar-refractivity contribution in [2.45, 2.75) is 12.8 Å². The molecule has 0 saturated heterocycles. The van der Waals surface area contributed by atoms with Crippen LogP contribution in [0, 0.1) is 5.82 Å². The minimum absolute atomic E-state index is 0.255. The van der Waals surface area contributed by atoms with E-state index in [-0.39, 0.29) is 11.7 Å². The molecule has 1 atom stereocenters. The summed E-state index contributed by atoms with van der Waals surface area (Å²) in [5.41, 5.74) is 0.678. The van der Waals surface area contributed by atoms with Gasteiger partial charge in [-0.2, -0.15) is 0 Å². The lowest BCUT2D eigenvalue weighted by molar-refractivity contribution is 0.445. The Morgan fingerprint density at radius 2 is 2.17 bits per heavy atom. The van der Waals surface area contributed by atoms with Gasteiger partial charge in [-0.15, -0.1) is 0 Å². The summed E-state index contributed by atoms with van der Waals surface area (Å²) in [7, 11) is 0. The molecule has 1 rings (SSSR count). The number of halogens is 3. The number of benzene rings is 1. The molecular formula is C9H9BrF2. The van der Waals surface area contributed by atoms with E-state index in [0.717, 1.165) is 0 Å². The summed E-state index contributed by atoms with van der Waals surface area (Å²) < 4.78 is 25.5. The topological polar surface area (TPSA) is 0 Å². The van der Waals surface area contributed by atoms with Crippen molar-refractivity contribution in [3.8, 4) is 0 Å². The highest BCUT2D eigenvalue weighted by atomic mass is 79.9. The minimum atomic E-state index is -0.470. The molecule has 0 aromatic heterocycles. The molecule has 0 heterocycles. The van der Waals surface area contributed by atoms with Crippen molar-refractivity contribution in [1.82, 2.24) is 0 Å². The van der Waals surface area contributed by atoms with E-state index >= 15 is 0 Å². The monoisotopic (exact) mass is 234 g/mol. The van der Waals surface area contributed by atoms with Crippen molar-refractivity contribution < 1.29 is 8.78 Å². The third kappa shape index (κ3) is 1.83. The first-order valence-corrected chi connectivity index (χ1v) is 4.46. The van der Waals surface area contributed by atoms with Crippen LogP contribution in [0.3, 0.4) is 0 Å². The fourth-order valence-corrected chi connectivity index (χ4v) is 1.64. The molecule has 1 aromatic carbocycles. The van der Waals surface area contributed by atoms with Crippen LogP contribution in [0.25, 0.3) is 0 Å². The van der Waals surface area contributed by atoms with E-state index in [1.165, 1.54) is 6.07 Å². The number of hydrogen-bond acceptors (Lipinski definition) is 0. The van der Waals surface area contributed by atoms with Crippen LogP contribution in [0.2, 0.25) is 0 Å². The summed E-state index contributed by atoms with van der Waals surface area (Å²) in [5, 5.41) is 0. The molecular weight excluding hydrogens is 226 g/mol. The van der Waals surface area contributed by atoms with Gasteiger partial charge in [-0.25, -0.2) is 4.39 Å². The average molecular weight is 235 g/mol. The van der Waals surface area contributed by atoms with Crippen LogP contribution >= 0.6 is 15.9 Å². The fourth-order valence-electron chi connectivity index (χ4n) is 0.984. The molecule has 0 N–H and O–H groups in total. The molecule has 0 saturated carbocycles. The van der Waals surface area contributed by atoms with Gasteiger partial charge in [-0.3, -0.25) is 4.39 Å².